The lowest BCUT2D eigenvalue weighted by Crippen LogP contribution is -2.70. The smallest absolute Gasteiger partial charge is 0.164 e. The van der Waals surface area contributed by atoms with Crippen LogP contribution in [0.4, 0.5) is 8.87 Å². The van der Waals surface area contributed by atoms with Gasteiger partial charge in [0.2, 0.25) is 0 Å². The van der Waals surface area contributed by atoms with Gasteiger partial charge in [-0.1, -0.05) is 24.3 Å². The summed E-state index contributed by atoms with van der Waals surface area (Å²) in [6.45, 7) is 5.35. The Morgan fingerprint density at radius 2 is 1.42 bits per heavy atom. The molecule has 0 radical (unpaired) electrons. The highest BCUT2D eigenvalue weighted by molar-refractivity contribution is 5.97. The second kappa shape index (κ2) is 9.25. The average Bonchev–Trinajstić information content (AvgIpc) is 3.48. The fourth-order valence-electron chi connectivity index (χ4n) is 4.41. The Hall–Kier alpha value is -3.36. The maximum atomic E-state index is 13.4. The van der Waals surface area contributed by atoms with Crippen LogP contribution in [0.5, 0.6) is 0 Å². The number of rotatable bonds is 2. The zero-order chi connectivity index (χ0) is 23.5. The van der Waals surface area contributed by atoms with Crippen molar-refractivity contribution in [2.75, 3.05) is 46.3 Å². The van der Waals surface area contributed by atoms with Crippen molar-refractivity contribution in [3.05, 3.63) is 71.8 Å². The molecule has 2 aromatic heterocycles. The first-order chi connectivity index (χ1) is 15.9. The zero-order valence-corrected chi connectivity index (χ0v) is 18.6. The predicted molar refractivity (Wildman–Crippen MR) is 124 cm³/mol. The van der Waals surface area contributed by atoms with Crippen LogP contribution in [0.1, 0.15) is 20.7 Å². The van der Waals surface area contributed by atoms with Crippen LogP contribution in [0.15, 0.2) is 54.9 Å². The third kappa shape index (κ3) is 4.86. The highest BCUT2D eigenvalue weighted by Crippen LogP contribution is 2.24. The van der Waals surface area contributed by atoms with Crippen LogP contribution in [0.2, 0.25) is 0 Å². The van der Waals surface area contributed by atoms with Gasteiger partial charge in [0.15, 0.2) is 32.2 Å². The summed E-state index contributed by atoms with van der Waals surface area (Å²) in [4.78, 5) is 26.8. The van der Waals surface area contributed by atoms with Gasteiger partial charge in [0, 0.05) is 45.3 Å². The van der Waals surface area contributed by atoms with Gasteiger partial charge in [0.1, 0.15) is 25.5 Å². The van der Waals surface area contributed by atoms with E-state index in [-0.39, 0.29) is 10.5 Å². The molecule has 3 aliphatic rings. The Morgan fingerprint density at radius 1 is 0.818 bits per heavy atom. The minimum Gasteiger partial charge on any atom is -0.361 e. The summed E-state index contributed by atoms with van der Waals surface area (Å²) in [7, 11) is 2.24. The molecule has 0 atom stereocenters. The molecule has 3 aliphatic heterocycles. The predicted octanol–water partition coefficient (Wildman–Crippen LogP) is 4.26. The van der Waals surface area contributed by atoms with Crippen molar-refractivity contribution in [1.29, 1.82) is 0 Å². The van der Waals surface area contributed by atoms with E-state index in [1.165, 1.54) is 6.20 Å². The van der Waals surface area contributed by atoms with Gasteiger partial charge < -0.3 is 14.5 Å². The number of piperazine rings is 3. The number of carbonyl (C=O) groups excluding carboxylic acids is 2. The lowest BCUT2D eigenvalue weighted by Gasteiger charge is -2.47. The molecule has 2 bridgehead atoms. The number of hydrogen-bond donors (Lipinski definition) is 2. The van der Waals surface area contributed by atoms with Gasteiger partial charge in [-0.25, -0.2) is 4.39 Å². The maximum Gasteiger partial charge on any atom is 0.164 e. The molecule has 6 nitrogen and oxygen atoms in total. The molecule has 33 heavy (non-hydrogen) atoms. The van der Waals surface area contributed by atoms with Crippen molar-refractivity contribution in [2.24, 2.45) is 0 Å². The number of H-pyrrole nitrogens is 2. The first kappa shape index (κ1) is 22.8. The maximum absolute atomic E-state index is 13.4. The lowest BCUT2D eigenvalue weighted by molar-refractivity contribution is -1.14. The number of halogens is 2. The SMILES string of the molecule is C[N+]12CC[N+](F)(CC1)CC2.O=Cc1cccc2[nH]cc(F)c12.O=Cc1cccc2[nH]ccc12. The van der Waals surface area contributed by atoms with E-state index in [2.05, 4.69) is 17.0 Å². The monoisotopic (exact) mass is 454 g/mol. The molecule has 0 amide bonds. The van der Waals surface area contributed by atoms with Gasteiger partial charge >= 0.3 is 0 Å². The Labute approximate surface area is 190 Å². The minimum absolute atomic E-state index is 0.145. The van der Waals surface area contributed by atoms with Gasteiger partial charge in [0.25, 0.3) is 0 Å². The van der Waals surface area contributed by atoms with E-state index in [0.29, 0.717) is 22.8 Å². The quantitative estimate of drug-likeness (QED) is 0.270. The number of aldehydes is 2. The molecule has 172 valence electrons. The number of aromatic nitrogens is 2. The third-order valence-electron chi connectivity index (χ3n) is 6.69. The molecule has 2 N–H and O–H groups in total. The molecule has 7 rings (SSSR count). The van der Waals surface area contributed by atoms with Crippen molar-refractivity contribution >= 4 is 34.4 Å². The first-order valence-corrected chi connectivity index (χ1v) is 11.0. The minimum atomic E-state index is -0.382. The van der Waals surface area contributed by atoms with Crippen LogP contribution in [-0.4, -0.2) is 78.0 Å². The van der Waals surface area contributed by atoms with Crippen LogP contribution >= 0.6 is 0 Å². The number of quaternary nitrogens is 2. The van der Waals surface area contributed by atoms with E-state index in [1.54, 1.807) is 18.2 Å². The van der Waals surface area contributed by atoms with Gasteiger partial charge in [0.05, 0.1) is 7.05 Å². The summed E-state index contributed by atoms with van der Waals surface area (Å²) in [6, 6.07) is 12.5. The van der Waals surface area contributed by atoms with Gasteiger partial charge in [-0.05, 0) is 22.7 Å². The Balaban J connectivity index is 0.000000118. The second-order valence-corrected chi connectivity index (χ2v) is 8.92. The number of likely N-dealkylation sites (N-methyl/N-ethyl adjacent to an activating group) is 1. The molecular formula is C25H28F2N4O2+2. The Kier molecular flexibility index (Phi) is 6.40. The topological polar surface area (TPSA) is 65.7 Å². The largest absolute Gasteiger partial charge is 0.361 e. The number of benzene rings is 2. The third-order valence-corrected chi connectivity index (χ3v) is 6.69. The van der Waals surface area contributed by atoms with Gasteiger partial charge in [-0.2, -0.15) is 0 Å². The highest BCUT2D eigenvalue weighted by Gasteiger charge is 2.48. The molecule has 5 heterocycles. The van der Waals surface area contributed by atoms with Gasteiger partial charge in [-0.15, -0.1) is 4.71 Å². The van der Waals surface area contributed by atoms with E-state index in [9.17, 15) is 18.5 Å². The first-order valence-electron chi connectivity index (χ1n) is 11.0. The summed E-state index contributed by atoms with van der Waals surface area (Å²) in [6.07, 6.45) is 4.60. The van der Waals surface area contributed by atoms with E-state index < -0.39 is 0 Å². The summed E-state index contributed by atoms with van der Waals surface area (Å²) in [5.41, 5.74) is 2.78. The van der Waals surface area contributed by atoms with Crippen molar-refractivity contribution in [3.63, 3.8) is 0 Å². The van der Waals surface area contributed by atoms with E-state index in [0.717, 1.165) is 66.5 Å². The van der Waals surface area contributed by atoms with E-state index in [4.69, 9.17) is 0 Å². The average molecular weight is 455 g/mol. The Morgan fingerprint density at radius 3 is 2.03 bits per heavy atom. The number of fused-ring (bicyclic) bond motifs is 5. The molecule has 8 heteroatoms. The fraction of sp³-hybridized carbons (Fsp3) is 0.280. The summed E-state index contributed by atoms with van der Waals surface area (Å²) >= 11 is 0. The molecule has 0 unspecified atom stereocenters. The zero-order valence-electron chi connectivity index (χ0n) is 18.6. The molecule has 0 saturated carbocycles. The Bertz CT molecular complexity index is 1240. The molecule has 0 aliphatic carbocycles. The van der Waals surface area contributed by atoms with Crippen LogP contribution in [0, 0.1) is 5.82 Å². The lowest BCUT2D eigenvalue weighted by atomic mass is 10.1. The number of carbonyl (C=O) groups is 2. The number of nitrogens with one attached hydrogen (secondary N) is 2. The number of hydrogen-bond acceptors (Lipinski definition) is 2. The molecule has 2 aromatic carbocycles. The van der Waals surface area contributed by atoms with Crippen molar-refractivity contribution < 1.29 is 27.6 Å². The molecule has 3 saturated heterocycles. The standard InChI is InChI=1S/C9H6FNO.C9H7NO.C7H15FN2/c10-7-4-11-8-3-1-2-6(5-12)9(7)8;11-6-7-2-1-3-9-8(7)4-5-10-9;1-9-2-5-10(8,6-3-9)7-4-9/h1-5,11H;1-6,10H;2-7H2,1H3/q;;+2. The molecule has 3 fully saturated rings. The van der Waals surface area contributed by atoms with Crippen molar-refractivity contribution in [2.45, 2.75) is 0 Å². The van der Waals surface area contributed by atoms with Crippen LogP contribution < -0.4 is 0 Å². The second-order valence-electron chi connectivity index (χ2n) is 8.92. The fourth-order valence-corrected chi connectivity index (χ4v) is 4.41. The molecule has 0 spiro atoms. The molecular weight excluding hydrogens is 426 g/mol. The van der Waals surface area contributed by atoms with Crippen molar-refractivity contribution in [1.82, 2.24) is 9.97 Å². The van der Waals surface area contributed by atoms with Gasteiger partial charge in [-0.3, -0.25) is 9.59 Å². The van der Waals surface area contributed by atoms with Crippen molar-refractivity contribution in [3.8, 4) is 0 Å². The summed E-state index contributed by atoms with van der Waals surface area (Å²) in [5, 5.41) is 1.36. The van der Waals surface area contributed by atoms with Crippen LogP contribution in [0.3, 0.4) is 0 Å². The van der Waals surface area contributed by atoms with E-state index in [1.807, 2.05) is 30.5 Å². The van der Waals surface area contributed by atoms with Crippen LogP contribution in [-0.2, 0) is 0 Å². The van der Waals surface area contributed by atoms with Crippen LogP contribution in [0.25, 0.3) is 21.8 Å². The summed E-state index contributed by atoms with van der Waals surface area (Å²) < 4.78 is 27.4. The normalized spacial score (nSPS) is 23.4. The summed E-state index contributed by atoms with van der Waals surface area (Å²) in [5.74, 6) is -0.382. The highest BCUT2D eigenvalue weighted by atomic mass is 19.2. The van der Waals surface area contributed by atoms with E-state index >= 15 is 0 Å². The molecule has 4 aromatic rings. The number of nitrogens with zero attached hydrogens (tertiary/aromatic N) is 2. The number of aromatic amines is 2.